The van der Waals surface area contributed by atoms with Crippen LogP contribution in [0.4, 0.5) is 0 Å². The van der Waals surface area contributed by atoms with E-state index in [1.165, 1.54) is 12.4 Å². The van der Waals surface area contributed by atoms with Gasteiger partial charge in [-0.2, -0.15) is 0 Å². The minimum absolute atomic E-state index is 0. The summed E-state index contributed by atoms with van der Waals surface area (Å²) in [5, 5.41) is 6.04. The molecule has 0 saturated heterocycles. The van der Waals surface area contributed by atoms with Gasteiger partial charge in [-0.25, -0.2) is 4.98 Å². The van der Waals surface area contributed by atoms with Crippen LogP contribution in [0.25, 0.3) is 0 Å². The summed E-state index contributed by atoms with van der Waals surface area (Å²) in [5.41, 5.74) is 0. The van der Waals surface area contributed by atoms with Gasteiger partial charge in [-0.1, -0.05) is 0 Å². The van der Waals surface area contributed by atoms with Crippen molar-refractivity contribution in [2.45, 2.75) is 11.6 Å². The Hall–Kier alpha value is 1.31. The molecule has 13 N–H and O–H groups in total. The van der Waals surface area contributed by atoms with Crippen molar-refractivity contribution in [3.8, 4) is 0 Å². The molecule has 0 aromatic carbocycles. The van der Waals surface area contributed by atoms with Crippen LogP contribution in [0.3, 0.4) is 0 Å². The molecule has 1 heterocycles. The first-order valence-electron chi connectivity index (χ1n) is 3.87. The number of nitrogens with zero attached hydrogens (tertiary/aromatic N) is 2. The van der Waals surface area contributed by atoms with Gasteiger partial charge >= 0.3 is 74.3 Å². The largest absolute Gasteiger partial charge is 1.00 e. The predicted octanol–water partition coefficient (Wildman–Crippen LogP) is -10.2. The average Bonchev–Trinajstić information content (AvgIpc) is 2.52. The quantitative estimate of drug-likeness (QED) is 0.241. The Labute approximate surface area is 171 Å². The van der Waals surface area contributed by atoms with Gasteiger partial charge in [0.15, 0.2) is 0 Å². The Morgan fingerprint density at radius 2 is 1.36 bits per heavy atom. The number of aliphatic hydroxyl groups is 1. The van der Waals surface area contributed by atoms with Gasteiger partial charge in [0.25, 0.3) is 5.08 Å². The van der Waals surface area contributed by atoms with E-state index in [4.69, 9.17) is 19.6 Å². The van der Waals surface area contributed by atoms with Crippen molar-refractivity contribution < 1.29 is 118 Å². The first kappa shape index (κ1) is 38.7. The SMILES string of the molecule is O.O.O.O.O=P(O)(O)C(O)(Cn1ccnc1)P(=O)(O)O.[H-].[H-].[Na+].[Na+]. The fourth-order valence-electron chi connectivity index (χ4n) is 0.979. The van der Waals surface area contributed by atoms with Crippen molar-refractivity contribution in [1.82, 2.24) is 9.55 Å². The topological polar surface area (TPSA) is 279 Å². The second kappa shape index (κ2) is 13.6. The first-order valence-corrected chi connectivity index (χ1v) is 7.10. The first-order chi connectivity index (χ1) is 7.08. The van der Waals surface area contributed by atoms with Gasteiger partial charge in [0.2, 0.25) is 0 Å². The van der Waals surface area contributed by atoms with Gasteiger partial charge in [-0.3, -0.25) is 9.13 Å². The second-order valence-electron chi connectivity index (χ2n) is 3.10. The van der Waals surface area contributed by atoms with Gasteiger partial charge in [-0.05, 0) is 0 Å². The summed E-state index contributed by atoms with van der Waals surface area (Å²) in [6, 6.07) is 0. The maximum atomic E-state index is 10.9. The Kier molecular flexibility index (Phi) is 23.9. The van der Waals surface area contributed by atoms with E-state index in [-0.39, 0.29) is 83.9 Å². The van der Waals surface area contributed by atoms with E-state index < -0.39 is 26.8 Å². The summed E-state index contributed by atoms with van der Waals surface area (Å²) in [7, 11) is -10.8. The molecule has 0 bridgehead atoms. The zero-order valence-electron chi connectivity index (χ0n) is 13.8. The smallest absolute Gasteiger partial charge is 1.00 e. The van der Waals surface area contributed by atoms with Crippen molar-refractivity contribution in [2.75, 3.05) is 0 Å². The molecule has 17 heteroatoms. The predicted molar refractivity (Wildman–Crippen MR) is 67.9 cm³/mol. The van der Waals surface area contributed by atoms with Crippen molar-refractivity contribution in [3.05, 3.63) is 18.7 Å². The Bertz CT molecular complexity index is 447. The van der Waals surface area contributed by atoms with Crippen LogP contribution in [0.2, 0.25) is 0 Å². The summed E-state index contributed by atoms with van der Waals surface area (Å²) in [4.78, 5) is 38.7. The number of hydrogen-bond acceptors (Lipinski definition) is 4. The van der Waals surface area contributed by atoms with Crippen LogP contribution in [-0.2, 0) is 15.7 Å². The molecule has 0 spiro atoms. The molecule has 1 aromatic heterocycles. The monoisotopic (exact) mass is 392 g/mol. The molecule has 0 fully saturated rings. The maximum Gasteiger partial charge on any atom is 1.00 e. The summed E-state index contributed by atoms with van der Waals surface area (Å²) in [5.74, 6) is 0. The molecular weight excluding hydrogens is 372 g/mol. The van der Waals surface area contributed by atoms with E-state index in [0.717, 1.165) is 10.9 Å². The van der Waals surface area contributed by atoms with E-state index >= 15 is 0 Å². The minimum atomic E-state index is -5.41. The Balaban J connectivity index is -0.0000000533. The Morgan fingerprint density at radius 3 is 1.59 bits per heavy atom. The standard InChI is InChI=1S/C5H10N2O7P2.2Na.4H2O.2H/c8-5(15(9,10)11,16(12,13)14)3-7-2-1-6-4-7;;;;;;;;/h1-2,4,8H,3H2,(H2,9,10,11)(H2,12,13,14);;;4*1H2;;/q;2*+1;;;;;2*-1. The molecule has 0 amide bonds. The molecule has 0 atom stereocenters. The van der Waals surface area contributed by atoms with Crippen LogP contribution < -0.4 is 59.1 Å². The number of hydrogen-bond donors (Lipinski definition) is 5. The van der Waals surface area contributed by atoms with Gasteiger partial charge in [0.05, 0.1) is 12.9 Å². The van der Waals surface area contributed by atoms with Crippen LogP contribution in [-0.4, -0.2) is 61.2 Å². The van der Waals surface area contributed by atoms with E-state index in [2.05, 4.69) is 4.98 Å². The molecule has 1 aromatic rings. The van der Waals surface area contributed by atoms with Crippen molar-refractivity contribution in [3.63, 3.8) is 0 Å². The maximum absolute atomic E-state index is 10.9. The fourth-order valence-corrected chi connectivity index (χ4v) is 3.03. The van der Waals surface area contributed by atoms with E-state index in [9.17, 15) is 14.2 Å². The van der Waals surface area contributed by atoms with Gasteiger partial charge in [0.1, 0.15) is 0 Å². The average molecular weight is 392 g/mol. The molecule has 22 heavy (non-hydrogen) atoms. The van der Waals surface area contributed by atoms with Crippen LogP contribution in [0.5, 0.6) is 0 Å². The molecular formula is C5H20N2Na2O11P2. The third-order valence-electron chi connectivity index (χ3n) is 1.89. The van der Waals surface area contributed by atoms with Crippen LogP contribution >= 0.6 is 15.2 Å². The van der Waals surface area contributed by atoms with E-state index in [1.54, 1.807) is 0 Å². The molecule has 128 valence electrons. The number of aromatic nitrogens is 2. The Morgan fingerprint density at radius 1 is 1.00 bits per heavy atom. The summed E-state index contributed by atoms with van der Waals surface area (Å²) >= 11 is 0. The molecule has 0 saturated carbocycles. The molecule has 0 aliphatic rings. The molecule has 13 nitrogen and oxygen atoms in total. The summed E-state index contributed by atoms with van der Waals surface area (Å²) < 4.78 is 22.8. The van der Waals surface area contributed by atoms with Crippen LogP contribution in [0.15, 0.2) is 18.7 Å². The molecule has 0 radical (unpaired) electrons. The normalized spacial score (nSPS) is 10.2. The van der Waals surface area contributed by atoms with Gasteiger partial charge in [-0.15, -0.1) is 0 Å². The zero-order valence-corrected chi connectivity index (χ0v) is 17.6. The molecule has 0 aliphatic carbocycles. The van der Waals surface area contributed by atoms with E-state index in [1.807, 2.05) is 0 Å². The number of imidazole rings is 1. The molecule has 1 rings (SSSR count). The van der Waals surface area contributed by atoms with Crippen molar-refractivity contribution in [2.24, 2.45) is 0 Å². The van der Waals surface area contributed by atoms with E-state index in [0.29, 0.717) is 0 Å². The van der Waals surface area contributed by atoms with Gasteiger partial charge < -0.3 is 54.0 Å². The zero-order chi connectivity index (χ0) is 12.6. The minimum Gasteiger partial charge on any atom is -1.00 e. The summed E-state index contributed by atoms with van der Waals surface area (Å²) in [6.45, 7) is -0.957. The third kappa shape index (κ3) is 8.97. The number of rotatable bonds is 4. The van der Waals surface area contributed by atoms with Crippen molar-refractivity contribution in [1.29, 1.82) is 0 Å². The van der Waals surface area contributed by atoms with Crippen molar-refractivity contribution >= 4 is 15.2 Å². The third-order valence-corrected chi connectivity index (χ3v) is 5.60. The van der Waals surface area contributed by atoms with Crippen LogP contribution in [0, 0.1) is 0 Å². The molecule has 0 aliphatic heterocycles. The molecule has 0 unspecified atom stereocenters. The van der Waals surface area contributed by atoms with Gasteiger partial charge in [0, 0.05) is 12.4 Å². The summed E-state index contributed by atoms with van der Waals surface area (Å²) in [6.07, 6.45) is 3.51. The second-order valence-corrected chi connectivity index (χ2v) is 7.11. The fraction of sp³-hybridized carbons (Fsp3) is 0.400. The van der Waals surface area contributed by atoms with Crippen LogP contribution in [0.1, 0.15) is 2.85 Å².